The third-order valence-corrected chi connectivity index (χ3v) is 2.03. The second kappa shape index (κ2) is 5.19. The summed E-state index contributed by atoms with van der Waals surface area (Å²) in [5, 5.41) is 21.3. The Balaban J connectivity index is 4.82. The Labute approximate surface area is 91.2 Å². The summed E-state index contributed by atoms with van der Waals surface area (Å²) in [5.74, 6) is -0.887. The predicted molar refractivity (Wildman–Crippen MR) is 52.8 cm³/mol. The molecule has 0 saturated carbocycles. The van der Waals surface area contributed by atoms with Crippen LogP contribution in [0.3, 0.4) is 0 Å². The molecule has 0 N–H and O–H groups in total. The highest BCUT2D eigenvalue weighted by Crippen LogP contribution is 2.17. The summed E-state index contributed by atoms with van der Waals surface area (Å²) >= 11 is 0. The lowest BCUT2D eigenvalue weighted by atomic mass is 10.1. The minimum Gasteiger partial charge on any atom is -0.446 e. The van der Waals surface area contributed by atoms with Crippen LogP contribution in [-0.2, 0) is 9.53 Å². The summed E-state index contributed by atoms with van der Waals surface area (Å²) in [5.41, 5.74) is -2.46. The van der Waals surface area contributed by atoms with E-state index in [1.165, 1.54) is 13.8 Å². The van der Waals surface area contributed by atoms with Crippen LogP contribution in [0.5, 0.6) is 0 Å². The van der Waals surface area contributed by atoms with E-state index in [-0.39, 0.29) is 12.0 Å². The highest BCUT2D eigenvalue weighted by Gasteiger charge is 2.55. The number of carbonyl (C=O) groups excluding carboxylic acids is 1. The van der Waals surface area contributed by atoms with Crippen LogP contribution in [0.1, 0.15) is 20.3 Å². The number of nitrogens with zero attached hydrogens (tertiary/aromatic N) is 2. The van der Waals surface area contributed by atoms with Gasteiger partial charge in [-0.05, 0) is 6.92 Å². The van der Waals surface area contributed by atoms with Crippen LogP contribution < -0.4 is 0 Å². The Kier molecular flexibility index (Phi) is 4.55. The Morgan fingerprint density at radius 3 is 2.06 bits per heavy atom. The lowest BCUT2D eigenvalue weighted by Gasteiger charge is -2.15. The number of hydrogen-bond donors (Lipinski definition) is 0. The van der Waals surface area contributed by atoms with Crippen molar-refractivity contribution in [1.29, 1.82) is 0 Å². The van der Waals surface area contributed by atoms with Crippen LogP contribution in [0, 0.1) is 20.2 Å². The van der Waals surface area contributed by atoms with Crippen molar-refractivity contribution < 1.29 is 19.4 Å². The zero-order chi connectivity index (χ0) is 12.9. The molecule has 0 aliphatic carbocycles. The maximum atomic E-state index is 11.0. The summed E-state index contributed by atoms with van der Waals surface area (Å²) in [6.45, 7) is 4.97. The quantitative estimate of drug-likeness (QED) is 0.220. The minimum absolute atomic E-state index is 0.0247. The molecule has 0 unspecified atom stereocenters. The first-order chi connectivity index (χ1) is 7.27. The van der Waals surface area contributed by atoms with Crippen LogP contribution in [0.25, 0.3) is 0 Å². The summed E-state index contributed by atoms with van der Waals surface area (Å²) in [6.07, 6.45) is -0.379. The molecule has 0 atom stereocenters. The minimum atomic E-state index is -2.48. The number of nitro groups is 2. The van der Waals surface area contributed by atoms with Crippen molar-refractivity contribution in [2.24, 2.45) is 0 Å². The molecule has 0 radical (unpaired) electrons. The maximum absolute atomic E-state index is 11.0. The number of hydrogen-bond acceptors (Lipinski definition) is 6. The number of ether oxygens (including phenoxy) is 1. The first-order valence-electron chi connectivity index (χ1n) is 4.39. The Hall–Kier alpha value is -1.99. The van der Waals surface area contributed by atoms with Crippen LogP contribution in [0.4, 0.5) is 0 Å². The number of carbonyl (C=O) groups is 1. The Bertz CT molecular complexity index is 323. The second-order valence-corrected chi connectivity index (χ2v) is 3.21. The normalized spacial score (nSPS) is 10.6. The SMILES string of the molecule is C=C(C)C(=O)OCC(CC)([N+](=O)[O-])[N+](=O)[O-]. The van der Waals surface area contributed by atoms with Gasteiger partial charge in [-0.25, -0.2) is 4.79 Å². The monoisotopic (exact) mass is 232 g/mol. The lowest BCUT2D eigenvalue weighted by molar-refractivity contribution is -0.798. The average Bonchev–Trinajstić information content (AvgIpc) is 2.17. The fraction of sp³-hybridized carbons (Fsp3) is 0.625. The molecule has 0 aromatic rings. The van der Waals surface area contributed by atoms with Gasteiger partial charge in [-0.2, -0.15) is 0 Å². The highest BCUT2D eigenvalue weighted by molar-refractivity contribution is 5.86. The van der Waals surface area contributed by atoms with E-state index in [1.54, 1.807) is 0 Å². The third kappa shape index (κ3) is 2.75. The van der Waals surface area contributed by atoms with Gasteiger partial charge in [0, 0.05) is 5.57 Å². The summed E-state index contributed by atoms with van der Waals surface area (Å²) < 4.78 is 4.46. The molecular formula is C8H12N2O6. The molecular weight excluding hydrogens is 220 g/mol. The van der Waals surface area contributed by atoms with Gasteiger partial charge in [0.2, 0.25) is 6.61 Å². The predicted octanol–water partition coefficient (Wildman–Crippen LogP) is 0.765. The molecule has 0 spiro atoms. The molecule has 0 bridgehead atoms. The molecule has 90 valence electrons. The summed E-state index contributed by atoms with van der Waals surface area (Å²) in [4.78, 5) is 30.1. The molecule has 0 aromatic carbocycles. The molecule has 0 aromatic heterocycles. The Morgan fingerprint density at radius 1 is 1.38 bits per heavy atom. The largest absolute Gasteiger partial charge is 0.490 e. The van der Waals surface area contributed by atoms with Gasteiger partial charge in [0.05, 0.1) is 6.42 Å². The van der Waals surface area contributed by atoms with Gasteiger partial charge >= 0.3 is 11.6 Å². The molecule has 0 saturated heterocycles. The molecule has 0 aliphatic rings. The van der Waals surface area contributed by atoms with Crippen LogP contribution in [0.2, 0.25) is 0 Å². The van der Waals surface area contributed by atoms with Gasteiger partial charge in [0.1, 0.15) is 9.85 Å². The summed E-state index contributed by atoms with van der Waals surface area (Å²) in [6, 6.07) is 0. The molecule has 0 aliphatic heterocycles. The molecule has 8 nitrogen and oxygen atoms in total. The van der Waals surface area contributed by atoms with Gasteiger partial charge < -0.3 is 4.74 Å². The smallest absolute Gasteiger partial charge is 0.446 e. The van der Waals surface area contributed by atoms with Crippen molar-refractivity contribution in [3.8, 4) is 0 Å². The van der Waals surface area contributed by atoms with E-state index >= 15 is 0 Å². The van der Waals surface area contributed by atoms with Gasteiger partial charge in [0.25, 0.3) is 0 Å². The lowest BCUT2D eigenvalue weighted by Crippen LogP contribution is -2.50. The highest BCUT2D eigenvalue weighted by atomic mass is 16.7. The van der Waals surface area contributed by atoms with Crippen LogP contribution >= 0.6 is 0 Å². The van der Waals surface area contributed by atoms with Crippen molar-refractivity contribution in [2.75, 3.05) is 6.61 Å². The van der Waals surface area contributed by atoms with Crippen molar-refractivity contribution in [1.82, 2.24) is 0 Å². The number of rotatable bonds is 6. The fourth-order valence-electron chi connectivity index (χ4n) is 0.837. The van der Waals surface area contributed by atoms with E-state index in [2.05, 4.69) is 11.3 Å². The van der Waals surface area contributed by atoms with Gasteiger partial charge in [-0.15, -0.1) is 0 Å². The van der Waals surface area contributed by atoms with Crippen molar-refractivity contribution in [2.45, 2.75) is 25.9 Å². The molecule has 0 amide bonds. The van der Waals surface area contributed by atoms with E-state index < -0.39 is 28.1 Å². The molecule has 8 heteroatoms. The summed E-state index contributed by atoms with van der Waals surface area (Å²) in [7, 11) is 0. The average molecular weight is 232 g/mol. The third-order valence-electron chi connectivity index (χ3n) is 2.03. The topological polar surface area (TPSA) is 113 Å². The van der Waals surface area contributed by atoms with Gasteiger partial charge in [-0.1, -0.05) is 13.5 Å². The van der Waals surface area contributed by atoms with Gasteiger partial charge in [0.15, 0.2) is 0 Å². The van der Waals surface area contributed by atoms with E-state index in [9.17, 15) is 25.0 Å². The van der Waals surface area contributed by atoms with E-state index in [0.29, 0.717) is 0 Å². The second-order valence-electron chi connectivity index (χ2n) is 3.21. The van der Waals surface area contributed by atoms with Gasteiger partial charge in [-0.3, -0.25) is 20.2 Å². The van der Waals surface area contributed by atoms with E-state index in [1.807, 2.05) is 0 Å². The van der Waals surface area contributed by atoms with E-state index in [0.717, 1.165) is 0 Å². The van der Waals surface area contributed by atoms with Crippen LogP contribution in [0.15, 0.2) is 12.2 Å². The zero-order valence-corrected chi connectivity index (χ0v) is 8.97. The molecule has 16 heavy (non-hydrogen) atoms. The molecule has 0 fully saturated rings. The first-order valence-corrected chi connectivity index (χ1v) is 4.39. The van der Waals surface area contributed by atoms with Crippen molar-refractivity contribution in [3.05, 3.63) is 32.4 Å². The van der Waals surface area contributed by atoms with E-state index in [4.69, 9.17) is 0 Å². The first kappa shape index (κ1) is 14.0. The maximum Gasteiger partial charge on any atom is 0.490 e. The standard InChI is InChI=1S/C8H12N2O6/c1-4-8(9(12)13,10(14)15)5-16-7(11)6(2)3/h2,4-5H2,1,3H3. The van der Waals surface area contributed by atoms with Crippen molar-refractivity contribution in [3.63, 3.8) is 0 Å². The molecule has 0 rings (SSSR count). The Morgan fingerprint density at radius 2 is 1.81 bits per heavy atom. The number of esters is 1. The fourth-order valence-corrected chi connectivity index (χ4v) is 0.837. The zero-order valence-electron chi connectivity index (χ0n) is 8.97. The molecule has 0 heterocycles. The van der Waals surface area contributed by atoms with Crippen molar-refractivity contribution >= 4 is 5.97 Å². The van der Waals surface area contributed by atoms with Crippen LogP contribution in [-0.4, -0.2) is 28.1 Å².